The fraction of sp³-hybridized carbons (Fsp3) is 0.0476. The minimum atomic E-state index is -0.519. The number of nitro benzene ring substituents is 1. The number of halogens is 3. The van der Waals surface area contributed by atoms with Gasteiger partial charge in [-0.05, 0) is 30.3 Å². The Labute approximate surface area is 195 Å². The number of nitrogens with one attached hydrogen (secondary N) is 1. The lowest BCUT2D eigenvalue weighted by atomic mass is 10.1. The molecule has 1 amide bonds. The maximum absolute atomic E-state index is 12.5. The fourth-order valence-corrected chi connectivity index (χ4v) is 3.84. The quantitative estimate of drug-likeness (QED) is 0.247. The van der Waals surface area contributed by atoms with Crippen molar-refractivity contribution < 1.29 is 18.9 Å². The van der Waals surface area contributed by atoms with Crippen LogP contribution >= 0.6 is 34.8 Å². The van der Waals surface area contributed by atoms with Gasteiger partial charge in [-0.3, -0.25) is 14.9 Å². The number of anilines is 1. The minimum absolute atomic E-state index is 0.113. The standard InChI is InChI=1S/C21H12Cl3N3O5/c22-11-7-14(23)20(15(24)8-11)31-10-19(28)25-16-4-2-1-3-13(16)21-26-17-6-5-12(27(29)30)9-18(17)32-21/h1-9H,10H2,(H,25,28). The number of amides is 1. The van der Waals surface area contributed by atoms with Crippen LogP contribution in [0.15, 0.2) is 59.0 Å². The minimum Gasteiger partial charge on any atom is -0.481 e. The molecule has 1 aromatic heterocycles. The molecule has 162 valence electrons. The van der Waals surface area contributed by atoms with Crippen molar-refractivity contribution in [3.63, 3.8) is 0 Å². The van der Waals surface area contributed by atoms with Gasteiger partial charge in [0.15, 0.2) is 17.9 Å². The normalized spacial score (nSPS) is 10.8. The Balaban J connectivity index is 1.54. The van der Waals surface area contributed by atoms with E-state index in [2.05, 4.69) is 10.3 Å². The first-order valence-corrected chi connectivity index (χ1v) is 10.2. The average molecular weight is 493 g/mol. The highest BCUT2D eigenvalue weighted by molar-refractivity contribution is 6.40. The third kappa shape index (κ3) is 4.62. The molecule has 8 nitrogen and oxygen atoms in total. The molecule has 32 heavy (non-hydrogen) atoms. The van der Waals surface area contributed by atoms with E-state index in [4.69, 9.17) is 44.0 Å². The van der Waals surface area contributed by atoms with Crippen molar-refractivity contribution in [2.24, 2.45) is 0 Å². The number of hydrogen-bond acceptors (Lipinski definition) is 6. The van der Waals surface area contributed by atoms with Gasteiger partial charge in [-0.2, -0.15) is 0 Å². The molecule has 0 aliphatic carbocycles. The van der Waals surface area contributed by atoms with Gasteiger partial charge in [0, 0.05) is 11.1 Å². The summed E-state index contributed by atoms with van der Waals surface area (Å²) in [6.45, 7) is -0.366. The SMILES string of the molecule is O=C(COc1c(Cl)cc(Cl)cc1Cl)Nc1ccccc1-c1nc2ccc([N+](=O)[O-])cc2o1. The van der Waals surface area contributed by atoms with Gasteiger partial charge in [-0.15, -0.1) is 0 Å². The number of benzene rings is 3. The topological polar surface area (TPSA) is 108 Å². The van der Waals surface area contributed by atoms with Crippen molar-refractivity contribution in [2.75, 3.05) is 11.9 Å². The molecule has 1 heterocycles. The maximum Gasteiger partial charge on any atom is 0.273 e. The van der Waals surface area contributed by atoms with Crippen molar-refractivity contribution in [1.29, 1.82) is 0 Å². The van der Waals surface area contributed by atoms with Crippen molar-refractivity contribution in [2.45, 2.75) is 0 Å². The molecule has 11 heteroatoms. The van der Waals surface area contributed by atoms with E-state index in [0.717, 1.165) is 0 Å². The van der Waals surface area contributed by atoms with E-state index >= 15 is 0 Å². The first-order chi connectivity index (χ1) is 15.3. The van der Waals surface area contributed by atoms with Crippen LogP contribution in [0.2, 0.25) is 15.1 Å². The van der Waals surface area contributed by atoms with Crippen molar-refractivity contribution >= 4 is 63.2 Å². The van der Waals surface area contributed by atoms with Crippen molar-refractivity contribution in [1.82, 2.24) is 4.98 Å². The lowest BCUT2D eigenvalue weighted by molar-refractivity contribution is -0.384. The predicted molar refractivity (Wildman–Crippen MR) is 122 cm³/mol. The summed E-state index contributed by atoms with van der Waals surface area (Å²) in [6.07, 6.45) is 0. The third-order valence-electron chi connectivity index (χ3n) is 4.33. The van der Waals surface area contributed by atoms with E-state index in [1.165, 1.54) is 30.3 Å². The highest BCUT2D eigenvalue weighted by Crippen LogP contribution is 2.36. The van der Waals surface area contributed by atoms with Gasteiger partial charge in [0.25, 0.3) is 11.6 Å². The zero-order valence-electron chi connectivity index (χ0n) is 16.0. The van der Waals surface area contributed by atoms with Crippen LogP contribution in [-0.4, -0.2) is 22.4 Å². The number of carbonyl (C=O) groups excluding carboxylic acids is 1. The van der Waals surface area contributed by atoms with Crippen LogP contribution in [0.5, 0.6) is 5.75 Å². The molecule has 0 bridgehead atoms. The molecule has 1 N–H and O–H groups in total. The predicted octanol–water partition coefficient (Wildman–Crippen LogP) is 6.38. The Kier molecular flexibility index (Phi) is 6.18. The molecule has 0 unspecified atom stereocenters. The summed E-state index contributed by atoms with van der Waals surface area (Å²) in [5.74, 6) is -0.144. The molecule has 0 spiro atoms. The van der Waals surface area contributed by atoms with E-state index in [1.54, 1.807) is 24.3 Å². The zero-order chi connectivity index (χ0) is 22.8. The third-order valence-corrected chi connectivity index (χ3v) is 5.10. The summed E-state index contributed by atoms with van der Waals surface area (Å²) in [6, 6.07) is 13.9. The van der Waals surface area contributed by atoms with Crippen LogP contribution in [0.25, 0.3) is 22.6 Å². The summed E-state index contributed by atoms with van der Waals surface area (Å²) in [4.78, 5) is 27.3. The molecule has 0 radical (unpaired) electrons. The van der Waals surface area contributed by atoms with E-state index in [9.17, 15) is 14.9 Å². The van der Waals surface area contributed by atoms with Gasteiger partial charge >= 0.3 is 0 Å². The number of aromatic nitrogens is 1. The maximum atomic E-state index is 12.5. The second-order valence-electron chi connectivity index (χ2n) is 6.51. The van der Waals surface area contributed by atoms with Crippen LogP contribution in [0.4, 0.5) is 11.4 Å². The van der Waals surface area contributed by atoms with E-state index in [-0.39, 0.29) is 39.6 Å². The first-order valence-electron chi connectivity index (χ1n) is 9.03. The molecule has 4 rings (SSSR count). The number of fused-ring (bicyclic) bond motifs is 1. The average Bonchev–Trinajstić information content (AvgIpc) is 3.16. The van der Waals surface area contributed by atoms with Gasteiger partial charge in [-0.1, -0.05) is 46.9 Å². The lowest BCUT2D eigenvalue weighted by Gasteiger charge is -2.12. The van der Waals surface area contributed by atoms with Gasteiger partial charge in [0.1, 0.15) is 5.52 Å². The van der Waals surface area contributed by atoms with Crippen LogP contribution in [0.1, 0.15) is 0 Å². The Bertz CT molecular complexity index is 1330. The van der Waals surface area contributed by atoms with Crippen molar-refractivity contribution in [3.8, 4) is 17.2 Å². The second-order valence-corrected chi connectivity index (χ2v) is 7.76. The van der Waals surface area contributed by atoms with E-state index < -0.39 is 10.8 Å². The molecule has 0 aliphatic heterocycles. The molecule has 0 fully saturated rings. The summed E-state index contributed by atoms with van der Waals surface area (Å²) in [5, 5.41) is 14.4. The molecular weight excluding hydrogens is 481 g/mol. The smallest absolute Gasteiger partial charge is 0.273 e. The number of hydrogen-bond donors (Lipinski definition) is 1. The Morgan fingerprint density at radius 3 is 2.53 bits per heavy atom. The number of nitrogens with zero attached hydrogens (tertiary/aromatic N) is 2. The Hall–Kier alpha value is -3.33. The number of para-hydroxylation sites is 1. The molecule has 3 aromatic carbocycles. The van der Waals surface area contributed by atoms with Gasteiger partial charge in [-0.25, -0.2) is 4.98 Å². The van der Waals surface area contributed by atoms with Gasteiger partial charge in [0.2, 0.25) is 5.89 Å². The van der Waals surface area contributed by atoms with Crippen LogP contribution in [0.3, 0.4) is 0 Å². The molecule has 0 atom stereocenters. The summed E-state index contributed by atoms with van der Waals surface area (Å²) in [7, 11) is 0. The van der Waals surface area contributed by atoms with E-state index in [1.807, 2.05) is 0 Å². The van der Waals surface area contributed by atoms with Crippen LogP contribution < -0.4 is 10.1 Å². The number of non-ortho nitro benzene ring substituents is 1. The first kappa shape index (κ1) is 21.9. The van der Waals surface area contributed by atoms with Gasteiger partial charge in [0.05, 0.1) is 32.3 Å². The number of carbonyl (C=O) groups is 1. The fourth-order valence-electron chi connectivity index (χ4n) is 2.91. The molecule has 0 saturated carbocycles. The second kappa shape index (κ2) is 9.04. The van der Waals surface area contributed by atoms with Crippen LogP contribution in [-0.2, 0) is 4.79 Å². The highest BCUT2D eigenvalue weighted by Gasteiger charge is 2.17. The van der Waals surface area contributed by atoms with Gasteiger partial charge < -0.3 is 14.5 Å². The molecule has 0 aliphatic rings. The number of nitro groups is 1. The number of oxazole rings is 1. The number of rotatable bonds is 6. The summed E-state index contributed by atoms with van der Waals surface area (Å²) >= 11 is 18.0. The van der Waals surface area contributed by atoms with Crippen LogP contribution in [0, 0.1) is 10.1 Å². The highest BCUT2D eigenvalue weighted by atomic mass is 35.5. The van der Waals surface area contributed by atoms with E-state index in [0.29, 0.717) is 21.8 Å². The Morgan fingerprint density at radius 2 is 1.81 bits per heavy atom. The molecule has 0 saturated heterocycles. The van der Waals surface area contributed by atoms with Crippen molar-refractivity contribution in [3.05, 3.63) is 79.8 Å². The largest absolute Gasteiger partial charge is 0.481 e. The summed E-state index contributed by atoms with van der Waals surface area (Å²) < 4.78 is 11.1. The Morgan fingerprint density at radius 1 is 1.09 bits per heavy atom. The molecule has 4 aromatic rings. The zero-order valence-corrected chi connectivity index (χ0v) is 18.2. The molecular formula is C21H12Cl3N3O5. The summed E-state index contributed by atoms with van der Waals surface area (Å²) in [5.41, 5.74) is 1.49. The monoisotopic (exact) mass is 491 g/mol. The number of ether oxygens (including phenoxy) is 1. The lowest BCUT2D eigenvalue weighted by Crippen LogP contribution is -2.20.